The molecule has 5 heteroatoms. The van der Waals surface area contributed by atoms with Crippen LogP contribution >= 0.6 is 11.6 Å². The number of hydrogen-bond acceptors (Lipinski definition) is 4. The molecule has 0 saturated carbocycles. The Morgan fingerprint density at radius 1 is 1.03 bits per heavy atom. The molecule has 1 saturated heterocycles. The molecule has 0 amide bonds. The van der Waals surface area contributed by atoms with Crippen molar-refractivity contribution in [3.05, 3.63) is 94.8 Å². The molecule has 1 aliphatic heterocycles. The van der Waals surface area contributed by atoms with E-state index in [0.717, 1.165) is 23.6 Å². The van der Waals surface area contributed by atoms with Crippen LogP contribution < -0.4 is 4.74 Å². The van der Waals surface area contributed by atoms with Gasteiger partial charge in [-0.25, -0.2) is 0 Å². The summed E-state index contributed by atoms with van der Waals surface area (Å²) in [7, 11) is 0. The summed E-state index contributed by atoms with van der Waals surface area (Å²) in [5, 5.41) is 12.2. The van der Waals surface area contributed by atoms with E-state index in [0.29, 0.717) is 17.2 Å². The van der Waals surface area contributed by atoms with Crippen molar-refractivity contribution in [2.24, 2.45) is 0 Å². The molecule has 2 heterocycles. The summed E-state index contributed by atoms with van der Waals surface area (Å²) < 4.78 is 5.96. The molecule has 0 spiro atoms. The summed E-state index contributed by atoms with van der Waals surface area (Å²) in [4.78, 5) is 6.99. The second-order valence-corrected chi connectivity index (χ2v) is 8.69. The molecule has 31 heavy (non-hydrogen) atoms. The lowest BCUT2D eigenvalue weighted by Crippen LogP contribution is -2.32. The van der Waals surface area contributed by atoms with Gasteiger partial charge in [0.1, 0.15) is 18.0 Å². The summed E-state index contributed by atoms with van der Waals surface area (Å²) >= 11 is 6.46. The second kappa shape index (κ2) is 9.82. The highest BCUT2D eigenvalue weighted by molar-refractivity contribution is 6.31. The van der Waals surface area contributed by atoms with Crippen LogP contribution in [0.25, 0.3) is 0 Å². The van der Waals surface area contributed by atoms with E-state index in [2.05, 4.69) is 9.88 Å². The average Bonchev–Trinajstić information content (AvgIpc) is 3.29. The highest BCUT2D eigenvalue weighted by Gasteiger charge is 2.38. The van der Waals surface area contributed by atoms with Crippen LogP contribution in [-0.2, 0) is 5.60 Å². The van der Waals surface area contributed by atoms with Gasteiger partial charge in [0.15, 0.2) is 0 Å². The minimum atomic E-state index is -1.25. The van der Waals surface area contributed by atoms with Crippen molar-refractivity contribution in [3.63, 3.8) is 0 Å². The number of pyridine rings is 1. The van der Waals surface area contributed by atoms with Gasteiger partial charge in [-0.2, -0.15) is 0 Å². The Morgan fingerprint density at radius 2 is 1.74 bits per heavy atom. The molecule has 1 aromatic heterocycles. The maximum Gasteiger partial charge on any atom is 0.119 e. The number of aromatic nitrogens is 1. The molecule has 1 N–H and O–H groups in total. The number of ether oxygens (including phenoxy) is 1. The number of halogens is 1. The first-order valence-electron chi connectivity index (χ1n) is 10.9. The standard InChI is InChI=1S/C26H29ClN2O2/c1-26(30,22-8-2-3-9-23(22)27)25(24-10-4-5-15-28-24)20-11-13-21(14-12-20)31-19-18-29-16-6-7-17-29/h2-5,8-15,25,30H,6-7,16-19H2,1H3/t25-,26-/m1/s1. The van der Waals surface area contributed by atoms with Gasteiger partial charge in [-0.15, -0.1) is 0 Å². The zero-order valence-electron chi connectivity index (χ0n) is 17.9. The Balaban J connectivity index is 1.58. The SMILES string of the molecule is C[C@@](O)(c1ccccc1Cl)[C@H](c1ccc(OCCN2CCCC2)cc1)c1ccccn1. The lowest BCUT2D eigenvalue weighted by atomic mass is 9.76. The van der Waals surface area contributed by atoms with Crippen LogP contribution in [0, 0.1) is 0 Å². The summed E-state index contributed by atoms with van der Waals surface area (Å²) in [6.07, 6.45) is 4.32. The third kappa shape index (κ3) is 5.09. The van der Waals surface area contributed by atoms with Crippen LogP contribution in [0.1, 0.15) is 42.5 Å². The Labute approximate surface area is 189 Å². The number of aliphatic hydroxyl groups is 1. The third-order valence-corrected chi connectivity index (χ3v) is 6.38. The fraction of sp³-hybridized carbons (Fsp3) is 0.346. The van der Waals surface area contributed by atoms with E-state index in [-0.39, 0.29) is 5.92 Å². The van der Waals surface area contributed by atoms with Crippen LogP contribution in [-0.4, -0.2) is 41.2 Å². The van der Waals surface area contributed by atoms with Crippen molar-refractivity contribution in [2.75, 3.05) is 26.2 Å². The first kappa shape index (κ1) is 21.8. The van der Waals surface area contributed by atoms with Gasteiger partial charge in [0.25, 0.3) is 0 Å². The van der Waals surface area contributed by atoms with Crippen molar-refractivity contribution in [2.45, 2.75) is 31.3 Å². The molecule has 4 nitrogen and oxygen atoms in total. The molecule has 2 atom stereocenters. The smallest absolute Gasteiger partial charge is 0.119 e. The zero-order valence-corrected chi connectivity index (χ0v) is 18.6. The third-order valence-electron chi connectivity index (χ3n) is 6.05. The number of hydrogen-bond donors (Lipinski definition) is 1. The van der Waals surface area contributed by atoms with Gasteiger partial charge in [0.2, 0.25) is 0 Å². The molecular weight excluding hydrogens is 408 g/mol. The minimum Gasteiger partial charge on any atom is -0.492 e. The van der Waals surface area contributed by atoms with Crippen molar-refractivity contribution in [1.29, 1.82) is 0 Å². The van der Waals surface area contributed by atoms with E-state index in [1.54, 1.807) is 19.2 Å². The average molecular weight is 437 g/mol. The Morgan fingerprint density at radius 3 is 2.42 bits per heavy atom. The quantitative estimate of drug-likeness (QED) is 0.523. The van der Waals surface area contributed by atoms with E-state index in [9.17, 15) is 5.11 Å². The molecule has 0 aliphatic carbocycles. The molecule has 0 radical (unpaired) electrons. The van der Waals surface area contributed by atoms with E-state index < -0.39 is 5.60 Å². The number of rotatable bonds is 8. The minimum absolute atomic E-state index is 0.382. The van der Waals surface area contributed by atoms with Gasteiger partial charge in [0.05, 0.1) is 11.6 Å². The van der Waals surface area contributed by atoms with Gasteiger partial charge in [-0.1, -0.05) is 48.0 Å². The molecule has 1 fully saturated rings. The molecule has 1 aliphatic rings. The largest absolute Gasteiger partial charge is 0.492 e. The van der Waals surface area contributed by atoms with Crippen LogP contribution in [0.2, 0.25) is 5.02 Å². The first-order chi connectivity index (χ1) is 15.1. The van der Waals surface area contributed by atoms with Gasteiger partial charge < -0.3 is 9.84 Å². The fourth-order valence-corrected chi connectivity index (χ4v) is 4.74. The van der Waals surface area contributed by atoms with Gasteiger partial charge in [0, 0.05) is 23.3 Å². The van der Waals surface area contributed by atoms with Crippen LogP contribution in [0.15, 0.2) is 72.9 Å². The molecule has 2 aromatic carbocycles. The number of likely N-dealkylation sites (tertiary alicyclic amines) is 1. The molecule has 162 valence electrons. The molecule has 0 bridgehead atoms. The van der Waals surface area contributed by atoms with Crippen molar-refractivity contribution < 1.29 is 9.84 Å². The first-order valence-corrected chi connectivity index (χ1v) is 11.3. The Kier molecular flexibility index (Phi) is 6.91. The molecular formula is C26H29ClN2O2. The van der Waals surface area contributed by atoms with Crippen LogP contribution in [0.5, 0.6) is 5.75 Å². The van der Waals surface area contributed by atoms with E-state index in [1.165, 1.54) is 25.9 Å². The normalized spacial score (nSPS) is 17.3. The van der Waals surface area contributed by atoms with E-state index in [4.69, 9.17) is 16.3 Å². The summed E-state index contributed by atoms with van der Waals surface area (Å²) in [5.41, 5.74) is 1.18. The van der Waals surface area contributed by atoms with E-state index in [1.807, 2.05) is 60.7 Å². The van der Waals surface area contributed by atoms with Crippen molar-refractivity contribution in [3.8, 4) is 5.75 Å². The highest BCUT2D eigenvalue weighted by Crippen LogP contribution is 2.43. The number of nitrogens with zero attached hydrogens (tertiary/aromatic N) is 2. The lowest BCUT2D eigenvalue weighted by Gasteiger charge is -2.34. The highest BCUT2D eigenvalue weighted by atomic mass is 35.5. The van der Waals surface area contributed by atoms with E-state index >= 15 is 0 Å². The summed E-state index contributed by atoms with van der Waals surface area (Å²) in [6, 6.07) is 21.1. The Hall–Kier alpha value is -2.40. The topological polar surface area (TPSA) is 45.6 Å². The molecule has 4 rings (SSSR count). The number of benzene rings is 2. The maximum absolute atomic E-state index is 11.7. The predicted molar refractivity (Wildman–Crippen MR) is 125 cm³/mol. The van der Waals surface area contributed by atoms with Crippen LogP contribution in [0.3, 0.4) is 0 Å². The van der Waals surface area contributed by atoms with Gasteiger partial charge >= 0.3 is 0 Å². The fourth-order valence-electron chi connectivity index (χ4n) is 4.41. The van der Waals surface area contributed by atoms with Crippen molar-refractivity contribution >= 4 is 11.6 Å². The predicted octanol–water partition coefficient (Wildman–Crippen LogP) is 5.25. The maximum atomic E-state index is 11.7. The second-order valence-electron chi connectivity index (χ2n) is 8.28. The summed E-state index contributed by atoms with van der Waals surface area (Å²) in [6.45, 7) is 5.78. The molecule has 3 aromatic rings. The summed E-state index contributed by atoms with van der Waals surface area (Å²) in [5.74, 6) is 0.451. The zero-order chi connectivity index (χ0) is 21.7. The Bertz CT molecular complexity index is 970. The molecule has 0 unspecified atom stereocenters. The van der Waals surface area contributed by atoms with Gasteiger partial charge in [-0.05, 0) is 68.8 Å². The van der Waals surface area contributed by atoms with Crippen molar-refractivity contribution in [1.82, 2.24) is 9.88 Å². The van der Waals surface area contributed by atoms with Gasteiger partial charge in [-0.3, -0.25) is 9.88 Å². The lowest BCUT2D eigenvalue weighted by molar-refractivity contribution is 0.0381. The van der Waals surface area contributed by atoms with Crippen LogP contribution in [0.4, 0.5) is 0 Å². The monoisotopic (exact) mass is 436 g/mol.